The van der Waals surface area contributed by atoms with E-state index in [-0.39, 0.29) is 11.5 Å². The van der Waals surface area contributed by atoms with Crippen LogP contribution in [0.2, 0.25) is 10.0 Å². The lowest BCUT2D eigenvalue weighted by molar-refractivity contribution is 0.120. The van der Waals surface area contributed by atoms with E-state index in [1.807, 2.05) is 0 Å². The minimum atomic E-state index is -0.913. The fraction of sp³-hybridized carbons (Fsp3) is 0.111. The molecule has 3 rings (SSSR count). The van der Waals surface area contributed by atoms with Crippen LogP contribution in [0.15, 0.2) is 36.4 Å². The molecule has 0 atom stereocenters. The van der Waals surface area contributed by atoms with E-state index in [1.165, 1.54) is 14.2 Å². The molecule has 0 aromatic heterocycles. The largest absolute Gasteiger partial charge is 0.513 e. The number of hydrogen-bond donors (Lipinski definition) is 0. The molecule has 3 aromatic carbocycles. The van der Waals surface area contributed by atoms with Crippen molar-refractivity contribution in [3.8, 4) is 11.5 Å². The minimum absolute atomic E-state index is 0.168. The van der Waals surface area contributed by atoms with Gasteiger partial charge in [-0.05, 0) is 24.3 Å². The van der Waals surface area contributed by atoms with Crippen molar-refractivity contribution in [3.63, 3.8) is 0 Å². The highest BCUT2D eigenvalue weighted by molar-refractivity contribution is 6.38. The summed E-state index contributed by atoms with van der Waals surface area (Å²) >= 11 is 12.4. The summed E-state index contributed by atoms with van der Waals surface area (Å²) in [5.74, 6) is 0.352. The van der Waals surface area contributed by atoms with E-state index in [9.17, 15) is 9.59 Å². The molecule has 0 heterocycles. The van der Waals surface area contributed by atoms with Gasteiger partial charge < -0.3 is 18.9 Å². The summed E-state index contributed by atoms with van der Waals surface area (Å²) in [6.07, 6.45) is -1.82. The van der Waals surface area contributed by atoms with Crippen molar-refractivity contribution in [2.75, 3.05) is 14.2 Å². The van der Waals surface area contributed by atoms with Gasteiger partial charge in [0.05, 0.1) is 19.2 Å². The van der Waals surface area contributed by atoms with Crippen LogP contribution in [0, 0.1) is 0 Å². The molecule has 0 spiro atoms. The molecular weight excluding hydrogens is 383 g/mol. The minimum Gasteiger partial charge on any atom is -0.437 e. The van der Waals surface area contributed by atoms with Crippen LogP contribution in [-0.2, 0) is 9.47 Å². The van der Waals surface area contributed by atoms with E-state index in [0.717, 1.165) is 0 Å². The van der Waals surface area contributed by atoms with Crippen LogP contribution in [0.25, 0.3) is 21.5 Å². The molecule has 0 aliphatic carbocycles. The molecule has 0 radical (unpaired) electrons. The number of benzene rings is 3. The zero-order valence-electron chi connectivity index (χ0n) is 13.7. The topological polar surface area (TPSA) is 71.1 Å². The number of carbonyl (C=O) groups is 2. The van der Waals surface area contributed by atoms with Gasteiger partial charge in [0.1, 0.15) is 0 Å². The molecular formula is C18H12Cl2O6. The van der Waals surface area contributed by atoms with Crippen LogP contribution in [0.1, 0.15) is 0 Å². The van der Waals surface area contributed by atoms with E-state index in [4.69, 9.17) is 32.7 Å². The number of halogens is 2. The third-order valence-electron chi connectivity index (χ3n) is 3.66. The maximum Gasteiger partial charge on any atom is 0.513 e. The third-order valence-corrected chi connectivity index (χ3v) is 4.21. The van der Waals surface area contributed by atoms with Crippen molar-refractivity contribution in [2.24, 2.45) is 0 Å². The lowest BCUT2D eigenvalue weighted by atomic mass is 10.0. The summed E-state index contributed by atoms with van der Waals surface area (Å²) in [7, 11) is 2.39. The van der Waals surface area contributed by atoms with Crippen LogP contribution in [0.5, 0.6) is 11.5 Å². The Kier molecular flexibility index (Phi) is 5.06. The zero-order valence-corrected chi connectivity index (χ0v) is 15.2. The number of methoxy groups -OCH3 is 2. The Balaban J connectivity index is 2.46. The van der Waals surface area contributed by atoms with Gasteiger partial charge in [0.15, 0.2) is 11.5 Å². The Morgan fingerprint density at radius 1 is 0.808 bits per heavy atom. The Labute approximate surface area is 158 Å². The van der Waals surface area contributed by atoms with Gasteiger partial charge in [-0.1, -0.05) is 35.3 Å². The Morgan fingerprint density at radius 2 is 1.46 bits per heavy atom. The van der Waals surface area contributed by atoms with Crippen molar-refractivity contribution in [2.45, 2.75) is 0 Å². The van der Waals surface area contributed by atoms with E-state index in [2.05, 4.69) is 9.47 Å². The highest BCUT2D eigenvalue weighted by atomic mass is 35.5. The molecule has 0 saturated heterocycles. The molecule has 0 unspecified atom stereocenters. The monoisotopic (exact) mass is 394 g/mol. The molecule has 0 bridgehead atoms. The van der Waals surface area contributed by atoms with E-state index >= 15 is 0 Å². The summed E-state index contributed by atoms with van der Waals surface area (Å²) in [6.45, 7) is 0. The van der Waals surface area contributed by atoms with Gasteiger partial charge in [0.2, 0.25) is 0 Å². The second-order valence-corrected chi connectivity index (χ2v) is 5.97. The Hall–Kier alpha value is -2.70. The summed E-state index contributed by atoms with van der Waals surface area (Å²) < 4.78 is 19.9. The maximum absolute atomic E-state index is 11.7. The quantitative estimate of drug-likeness (QED) is 0.320. The fourth-order valence-electron chi connectivity index (χ4n) is 2.59. The molecule has 0 saturated carbocycles. The van der Waals surface area contributed by atoms with Crippen LogP contribution in [-0.4, -0.2) is 26.5 Å². The van der Waals surface area contributed by atoms with Gasteiger partial charge in [-0.3, -0.25) is 0 Å². The zero-order chi connectivity index (χ0) is 18.8. The SMILES string of the molecule is COC(=O)Oc1c2cc(Cl)ccc2c(OC(=O)OC)c2c(Cl)cccc12. The normalized spacial score (nSPS) is 10.6. The molecule has 0 amide bonds. The third kappa shape index (κ3) is 3.21. The molecule has 0 aliphatic rings. The highest BCUT2D eigenvalue weighted by Crippen LogP contribution is 2.46. The summed E-state index contributed by atoms with van der Waals surface area (Å²) in [5.41, 5.74) is 0. The second kappa shape index (κ2) is 7.27. The first-order chi connectivity index (χ1) is 12.5. The van der Waals surface area contributed by atoms with Crippen LogP contribution in [0.3, 0.4) is 0 Å². The van der Waals surface area contributed by atoms with Gasteiger partial charge in [-0.25, -0.2) is 9.59 Å². The van der Waals surface area contributed by atoms with Gasteiger partial charge in [-0.15, -0.1) is 0 Å². The maximum atomic E-state index is 11.7. The Bertz CT molecular complexity index is 1030. The first kappa shape index (κ1) is 18.1. The van der Waals surface area contributed by atoms with E-state index in [1.54, 1.807) is 36.4 Å². The van der Waals surface area contributed by atoms with Crippen molar-refractivity contribution >= 4 is 57.1 Å². The van der Waals surface area contributed by atoms with Crippen molar-refractivity contribution < 1.29 is 28.5 Å². The average Bonchev–Trinajstić information content (AvgIpc) is 2.63. The number of carbonyl (C=O) groups excluding carboxylic acids is 2. The van der Waals surface area contributed by atoms with Gasteiger partial charge in [0.25, 0.3) is 0 Å². The molecule has 8 heteroatoms. The van der Waals surface area contributed by atoms with Gasteiger partial charge in [0, 0.05) is 26.6 Å². The number of rotatable bonds is 2. The summed E-state index contributed by atoms with van der Waals surface area (Å²) in [4.78, 5) is 23.5. The predicted octanol–water partition coefficient (Wildman–Crippen LogP) is 5.59. The van der Waals surface area contributed by atoms with Crippen molar-refractivity contribution in [3.05, 3.63) is 46.4 Å². The van der Waals surface area contributed by atoms with Crippen molar-refractivity contribution in [1.82, 2.24) is 0 Å². The van der Waals surface area contributed by atoms with Gasteiger partial charge >= 0.3 is 12.3 Å². The first-order valence-electron chi connectivity index (χ1n) is 7.31. The van der Waals surface area contributed by atoms with E-state index < -0.39 is 12.3 Å². The molecule has 0 aliphatic heterocycles. The smallest absolute Gasteiger partial charge is 0.437 e. The number of fused-ring (bicyclic) bond motifs is 2. The van der Waals surface area contributed by atoms with Crippen molar-refractivity contribution in [1.29, 1.82) is 0 Å². The van der Waals surface area contributed by atoms with Gasteiger partial charge in [-0.2, -0.15) is 0 Å². The number of ether oxygens (including phenoxy) is 4. The molecule has 6 nitrogen and oxygen atoms in total. The van der Waals surface area contributed by atoms with Crippen LogP contribution < -0.4 is 9.47 Å². The summed E-state index contributed by atoms with van der Waals surface area (Å²) in [5, 5.41) is 2.42. The molecule has 134 valence electrons. The molecule has 0 fully saturated rings. The number of hydrogen-bond acceptors (Lipinski definition) is 6. The molecule has 26 heavy (non-hydrogen) atoms. The molecule has 0 N–H and O–H groups in total. The molecule has 3 aromatic rings. The second-order valence-electron chi connectivity index (χ2n) is 5.12. The average molecular weight is 395 g/mol. The standard InChI is InChI=1S/C18H12Cl2O6/c1-23-17(21)25-15-11-4-3-5-13(20)14(11)16(26-18(22)24-2)10-7-6-9(19)8-12(10)15/h3-8H,1-2H3. The first-order valence-corrected chi connectivity index (χ1v) is 8.07. The van der Waals surface area contributed by atoms with E-state index in [0.29, 0.717) is 31.6 Å². The lowest BCUT2D eigenvalue weighted by Crippen LogP contribution is -2.10. The lowest BCUT2D eigenvalue weighted by Gasteiger charge is -2.16. The summed E-state index contributed by atoms with van der Waals surface area (Å²) in [6, 6.07) is 9.79. The fourth-order valence-corrected chi connectivity index (χ4v) is 3.02. The predicted molar refractivity (Wildman–Crippen MR) is 97.5 cm³/mol. The van der Waals surface area contributed by atoms with Crippen LogP contribution >= 0.6 is 23.2 Å². The Morgan fingerprint density at radius 3 is 2.12 bits per heavy atom. The highest BCUT2D eigenvalue weighted by Gasteiger charge is 2.22. The van der Waals surface area contributed by atoms with Crippen LogP contribution in [0.4, 0.5) is 9.59 Å².